The predicted octanol–water partition coefficient (Wildman–Crippen LogP) is 9.31. The van der Waals surface area contributed by atoms with Gasteiger partial charge in [0.05, 0.1) is 13.2 Å². The van der Waals surface area contributed by atoms with E-state index in [0.717, 1.165) is 60.1 Å². The zero-order chi connectivity index (χ0) is 24.0. The average Bonchev–Trinajstić information content (AvgIpc) is 2.84. The standard InChI is InChI=1S/C31H44O2/c1-8-22(4)17-19-32-29-25-13-11-12-14-26(25)30(33-20-18-23(5)9-2)28-21-24(15-16-27(28)29)31(6,7)10-3/h11-16,21-23H,8-10,17-20H2,1-7H3. The van der Waals surface area contributed by atoms with Crippen molar-refractivity contribution in [3.05, 3.63) is 48.0 Å². The molecule has 180 valence electrons. The minimum Gasteiger partial charge on any atom is -0.492 e. The van der Waals surface area contributed by atoms with Gasteiger partial charge in [0.25, 0.3) is 0 Å². The SMILES string of the molecule is CCC(C)CCOc1c2ccccc2c(OCCC(C)CC)c2cc(C(C)(C)CC)ccc12. The van der Waals surface area contributed by atoms with Gasteiger partial charge < -0.3 is 9.47 Å². The van der Waals surface area contributed by atoms with Crippen LogP contribution in [0, 0.1) is 11.8 Å². The van der Waals surface area contributed by atoms with Gasteiger partial charge in [-0.2, -0.15) is 0 Å². The summed E-state index contributed by atoms with van der Waals surface area (Å²) in [6.45, 7) is 17.5. The van der Waals surface area contributed by atoms with Crippen molar-refractivity contribution in [3.63, 3.8) is 0 Å². The molecule has 0 aromatic heterocycles. The molecule has 0 aliphatic heterocycles. The lowest BCUT2D eigenvalue weighted by molar-refractivity contribution is 0.283. The summed E-state index contributed by atoms with van der Waals surface area (Å²) in [5.41, 5.74) is 1.47. The Morgan fingerprint density at radius 3 is 1.67 bits per heavy atom. The van der Waals surface area contributed by atoms with Gasteiger partial charge in [-0.3, -0.25) is 0 Å². The molecule has 0 saturated carbocycles. The second-order valence-corrected chi connectivity index (χ2v) is 10.5. The predicted molar refractivity (Wildman–Crippen MR) is 144 cm³/mol. The van der Waals surface area contributed by atoms with Gasteiger partial charge in [-0.25, -0.2) is 0 Å². The molecule has 2 unspecified atom stereocenters. The Morgan fingerprint density at radius 2 is 1.18 bits per heavy atom. The molecule has 0 aliphatic rings. The summed E-state index contributed by atoms with van der Waals surface area (Å²) in [7, 11) is 0. The van der Waals surface area contributed by atoms with Crippen molar-refractivity contribution in [2.45, 2.75) is 86.0 Å². The lowest BCUT2D eigenvalue weighted by Crippen LogP contribution is -2.15. The molecule has 33 heavy (non-hydrogen) atoms. The summed E-state index contributed by atoms with van der Waals surface area (Å²) in [5.74, 6) is 3.34. The van der Waals surface area contributed by atoms with Crippen molar-refractivity contribution in [3.8, 4) is 11.5 Å². The van der Waals surface area contributed by atoms with Crippen LogP contribution in [0.2, 0.25) is 0 Å². The van der Waals surface area contributed by atoms with Crippen molar-refractivity contribution in [2.24, 2.45) is 11.8 Å². The minimum absolute atomic E-state index is 0.116. The van der Waals surface area contributed by atoms with Gasteiger partial charge >= 0.3 is 0 Å². The lowest BCUT2D eigenvalue weighted by atomic mass is 9.81. The Labute approximate surface area is 201 Å². The number of benzene rings is 3. The fourth-order valence-electron chi connectivity index (χ4n) is 4.17. The van der Waals surface area contributed by atoms with Crippen LogP contribution in [0.15, 0.2) is 42.5 Å². The fraction of sp³-hybridized carbons (Fsp3) is 0.548. The maximum absolute atomic E-state index is 6.57. The third-order valence-electron chi connectivity index (χ3n) is 7.70. The fourth-order valence-corrected chi connectivity index (χ4v) is 4.17. The van der Waals surface area contributed by atoms with Crippen LogP contribution in [0.1, 0.15) is 86.1 Å². The quantitative estimate of drug-likeness (QED) is 0.257. The first-order chi connectivity index (χ1) is 15.8. The van der Waals surface area contributed by atoms with Crippen LogP contribution in [-0.4, -0.2) is 13.2 Å². The van der Waals surface area contributed by atoms with Crippen molar-refractivity contribution < 1.29 is 9.47 Å². The molecule has 3 rings (SSSR count). The van der Waals surface area contributed by atoms with Crippen molar-refractivity contribution in [2.75, 3.05) is 13.2 Å². The van der Waals surface area contributed by atoms with Crippen LogP contribution in [-0.2, 0) is 5.41 Å². The van der Waals surface area contributed by atoms with Crippen LogP contribution >= 0.6 is 0 Å². The van der Waals surface area contributed by atoms with Gasteiger partial charge in [-0.15, -0.1) is 0 Å². The molecule has 0 spiro atoms. The van der Waals surface area contributed by atoms with Gasteiger partial charge in [0.1, 0.15) is 11.5 Å². The molecule has 0 bridgehead atoms. The Balaban J connectivity index is 2.16. The van der Waals surface area contributed by atoms with E-state index in [1.165, 1.54) is 23.8 Å². The molecule has 2 atom stereocenters. The highest BCUT2D eigenvalue weighted by atomic mass is 16.5. The molecule has 0 aliphatic carbocycles. The summed E-state index contributed by atoms with van der Waals surface area (Å²) < 4.78 is 13.1. The van der Waals surface area contributed by atoms with Gasteiger partial charge in [0, 0.05) is 21.5 Å². The maximum atomic E-state index is 6.57. The maximum Gasteiger partial charge on any atom is 0.135 e. The molecule has 3 aromatic carbocycles. The Kier molecular flexibility index (Phi) is 8.68. The number of rotatable bonds is 12. The molecule has 0 heterocycles. The van der Waals surface area contributed by atoms with Gasteiger partial charge in [0.15, 0.2) is 0 Å². The topological polar surface area (TPSA) is 18.5 Å². The molecular weight excluding hydrogens is 404 g/mol. The number of hydrogen-bond acceptors (Lipinski definition) is 2. The van der Waals surface area contributed by atoms with E-state index in [2.05, 4.69) is 90.9 Å². The molecule has 3 aromatic rings. The van der Waals surface area contributed by atoms with Crippen LogP contribution in [0.4, 0.5) is 0 Å². The lowest BCUT2D eigenvalue weighted by Gasteiger charge is -2.25. The summed E-state index contributed by atoms with van der Waals surface area (Å²) in [6, 6.07) is 15.5. The minimum atomic E-state index is 0.116. The van der Waals surface area contributed by atoms with Gasteiger partial charge in [-0.1, -0.05) is 97.7 Å². The highest BCUT2D eigenvalue weighted by Crippen LogP contribution is 2.44. The number of fused-ring (bicyclic) bond motifs is 2. The number of hydrogen-bond donors (Lipinski definition) is 0. The molecule has 0 radical (unpaired) electrons. The highest BCUT2D eigenvalue weighted by molar-refractivity contribution is 6.11. The summed E-state index contributed by atoms with van der Waals surface area (Å²) in [4.78, 5) is 0. The van der Waals surface area contributed by atoms with E-state index in [-0.39, 0.29) is 5.41 Å². The van der Waals surface area contributed by atoms with E-state index in [0.29, 0.717) is 11.8 Å². The smallest absolute Gasteiger partial charge is 0.135 e. The highest BCUT2D eigenvalue weighted by Gasteiger charge is 2.22. The monoisotopic (exact) mass is 448 g/mol. The third-order valence-corrected chi connectivity index (χ3v) is 7.70. The Hall–Kier alpha value is -2.22. The van der Waals surface area contributed by atoms with Crippen molar-refractivity contribution in [1.29, 1.82) is 0 Å². The van der Waals surface area contributed by atoms with E-state index >= 15 is 0 Å². The molecule has 0 saturated heterocycles. The van der Waals surface area contributed by atoms with E-state index in [9.17, 15) is 0 Å². The second kappa shape index (κ2) is 11.3. The van der Waals surface area contributed by atoms with Crippen molar-refractivity contribution >= 4 is 21.5 Å². The summed E-state index contributed by atoms with van der Waals surface area (Å²) in [5, 5.41) is 4.64. The summed E-state index contributed by atoms with van der Waals surface area (Å²) >= 11 is 0. The van der Waals surface area contributed by atoms with Gasteiger partial charge in [-0.05, 0) is 48.1 Å². The second-order valence-electron chi connectivity index (χ2n) is 10.5. The summed E-state index contributed by atoms with van der Waals surface area (Å²) in [6.07, 6.45) is 5.60. The van der Waals surface area contributed by atoms with E-state index in [4.69, 9.17) is 9.47 Å². The van der Waals surface area contributed by atoms with E-state index < -0.39 is 0 Å². The largest absolute Gasteiger partial charge is 0.492 e. The Bertz CT molecular complexity index is 1050. The molecule has 2 nitrogen and oxygen atoms in total. The number of ether oxygens (including phenoxy) is 2. The van der Waals surface area contributed by atoms with Crippen molar-refractivity contribution in [1.82, 2.24) is 0 Å². The first-order valence-corrected chi connectivity index (χ1v) is 13.1. The van der Waals surface area contributed by atoms with E-state index in [1.807, 2.05) is 0 Å². The zero-order valence-corrected chi connectivity index (χ0v) is 22.0. The average molecular weight is 449 g/mol. The normalized spacial score (nSPS) is 13.9. The van der Waals surface area contributed by atoms with E-state index in [1.54, 1.807) is 0 Å². The first kappa shape index (κ1) is 25.4. The zero-order valence-electron chi connectivity index (χ0n) is 22.0. The Morgan fingerprint density at radius 1 is 0.697 bits per heavy atom. The first-order valence-electron chi connectivity index (χ1n) is 13.1. The van der Waals surface area contributed by atoms with Crippen LogP contribution < -0.4 is 9.47 Å². The molecule has 0 fully saturated rings. The van der Waals surface area contributed by atoms with Crippen LogP contribution in [0.5, 0.6) is 11.5 Å². The third kappa shape index (κ3) is 5.83. The van der Waals surface area contributed by atoms with Crippen LogP contribution in [0.3, 0.4) is 0 Å². The van der Waals surface area contributed by atoms with Crippen LogP contribution in [0.25, 0.3) is 21.5 Å². The van der Waals surface area contributed by atoms with Gasteiger partial charge in [0.2, 0.25) is 0 Å². The molecule has 2 heteroatoms. The molecular formula is C31H44O2. The molecule has 0 amide bonds. The molecule has 0 N–H and O–H groups in total.